The normalized spacial score (nSPS) is 11.2. The minimum absolute atomic E-state index is 0.0314. The van der Waals surface area contributed by atoms with Crippen LogP contribution in [0.2, 0.25) is 0 Å². The number of amides is 2. The molecular formula is C36H60N2O10. The van der Waals surface area contributed by atoms with E-state index in [1.165, 1.54) is 0 Å². The molecule has 0 saturated heterocycles. The molecule has 0 bridgehead atoms. The lowest BCUT2D eigenvalue weighted by Gasteiger charge is -2.19. The first-order chi connectivity index (χ1) is 23.2. The van der Waals surface area contributed by atoms with Gasteiger partial charge in [-0.25, -0.2) is 0 Å². The largest absolute Gasteiger partial charge is 0.461 e. The Morgan fingerprint density at radius 3 is 1.58 bits per heavy atom. The zero-order chi connectivity index (χ0) is 35.1. The van der Waals surface area contributed by atoms with Gasteiger partial charge in [-0.2, -0.15) is 0 Å². The van der Waals surface area contributed by atoms with Gasteiger partial charge in [0.1, 0.15) is 12.2 Å². The monoisotopic (exact) mass is 680 g/mol. The smallest absolute Gasteiger partial charge is 0.308 e. The second-order valence-corrected chi connectivity index (χ2v) is 12.4. The predicted octanol–water partition coefficient (Wildman–Crippen LogP) is 4.66. The van der Waals surface area contributed by atoms with E-state index in [1.807, 2.05) is 51.1 Å². The molecule has 2 amide bonds. The summed E-state index contributed by atoms with van der Waals surface area (Å²) in [5, 5.41) is 5.63. The summed E-state index contributed by atoms with van der Waals surface area (Å²) < 4.78 is 32.1. The number of carbonyl (C=O) groups excluding carboxylic acids is 4. The van der Waals surface area contributed by atoms with Crippen LogP contribution in [0.1, 0.15) is 97.0 Å². The fraction of sp³-hybridized carbons (Fsp3) is 0.722. The molecule has 0 aromatic heterocycles. The minimum Gasteiger partial charge on any atom is -0.461 e. The summed E-state index contributed by atoms with van der Waals surface area (Å²) >= 11 is 0. The first-order valence-electron chi connectivity index (χ1n) is 17.4. The molecule has 0 spiro atoms. The number of esters is 2. The van der Waals surface area contributed by atoms with Crippen LogP contribution in [-0.2, 0) is 54.2 Å². The number of carbonyl (C=O) groups is 4. The number of hydrogen-bond acceptors (Lipinski definition) is 10. The van der Waals surface area contributed by atoms with E-state index in [0.29, 0.717) is 78.8 Å². The van der Waals surface area contributed by atoms with Crippen molar-refractivity contribution in [3.63, 3.8) is 0 Å². The molecule has 12 nitrogen and oxygen atoms in total. The van der Waals surface area contributed by atoms with Crippen LogP contribution in [-0.4, -0.2) is 95.3 Å². The third-order valence-corrected chi connectivity index (χ3v) is 6.75. The number of hydrogen-bond donors (Lipinski definition) is 2. The maximum atomic E-state index is 12.0. The summed E-state index contributed by atoms with van der Waals surface area (Å²) in [7, 11) is 0. The Labute approximate surface area is 287 Å². The topological polar surface area (TPSA) is 148 Å². The molecule has 2 N–H and O–H groups in total. The van der Waals surface area contributed by atoms with Gasteiger partial charge in [0.15, 0.2) is 0 Å². The Morgan fingerprint density at radius 2 is 1.02 bits per heavy atom. The summed E-state index contributed by atoms with van der Waals surface area (Å²) in [4.78, 5) is 47.2. The van der Waals surface area contributed by atoms with E-state index < -0.39 is 5.60 Å². The predicted molar refractivity (Wildman–Crippen MR) is 182 cm³/mol. The summed E-state index contributed by atoms with van der Waals surface area (Å²) in [5.74, 6) is -0.525. The van der Waals surface area contributed by atoms with Gasteiger partial charge in [0, 0.05) is 32.4 Å². The lowest BCUT2D eigenvalue weighted by Crippen LogP contribution is -2.28. The Hall–Kier alpha value is -3.06. The van der Waals surface area contributed by atoms with Crippen LogP contribution < -0.4 is 10.6 Å². The van der Waals surface area contributed by atoms with Crippen LogP contribution in [0.15, 0.2) is 30.3 Å². The Balaban J connectivity index is 1.77. The van der Waals surface area contributed by atoms with Gasteiger partial charge in [-0.15, -0.1) is 0 Å². The molecule has 0 saturated carbocycles. The van der Waals surface area contributed by atoms with Crippen molar-refractivity contribution in [3.05, 3.63) is 35.9 Å². The summed E-state index contributed by atoms with van der Waals surface area (Å²) in [6.07, 6.45) is 8.42. The highest BCUT2D eigenvalue weighted by molar-refractivity contribution is 5.76. The van der Waals surface area contributed by atoms with Gasteiger partial charge in [-0.3, -0.25) is 19.2 Å². The molecule has 1 aromatic rings. The molecular weight excluding hydrogens is 620 g/mol. The molecule has 0 fully saturated rings. The van der Waals surface area contributed by atoms with Gasteiger partial charge < -0.3 is 39.1 Å². The number of unbranched alkanes of at least 4 members (excludes halogenated alkanes) is 6. The molecule has 0 aliphatic heterocycles. The quantitative estimate of drug-likeness (QED) is 0.0869. The number of nitrogens with one attached hydrogen (secondary N) is 2. The SMILES string of the molecule is CC(C)(C)OC(=O)CCOCCOCCNC(=O)CCOCCOCCNC(=O)CCCCCCCCCC(=O)OCc1ccccc1. The lowest BCUT2D eigenvalue weighted by molar-refractivity contribution is -0.156. The summed E-state index contributed by atoms with van der Waals surface area (Å²) in [6.45, 7) is 9.48. The average molecular weight is 681 g/mol. The van der Waals surface area contributed by atoms with Gasteiger partial charge in [-0.1, -0.05) is 62.4 Å². The van der Waals surface area contributed by atoms with Crippen LogP contribution in [0, 0.1) is 0 Å². The summed E-state index contributed by atoms with van der Waals surface area (Å²) in [6, 6.07) is 9.69. The van der Waals surface area contributed by atoms with Crippen LogP contribution in [0.5, 0.6) is 0 Å². The molecule has 1 aromatic carbocycles. The van der Waals surface area contributed by atoms with Crippen LogP contribution in [0.3, 0.4) is 0 Å². The van der Waals surface area contributed by atoms with Crippen molar-refractivity contribution in [2.75, 3.05) is 65.9 Å². The number of ether oxygens (including phenoxy) is 6. The van der Waals surface area contributed by atoms with Crippen molar-refractivity contribution < 1.29 is 47.6 Å². The maximum Gasteiger partial charge on any atom is 0.308 e. The Morgan fingerprint density at radius 1 is 0.542 bits per heavy atom. The fourth-order valence-electron chi connectivity index (χ4n) is 4.31. The molecule has 1 rings (SSSR count). The Bertz CT molecular complexity index is 985. The molecule has 0 aliphatic rings. The highest BCUT2D eigenvalue weighted by Gasteiger charge is 2.15. The van der Waals surface area contributed by atoms with Crippen LogP contribution in [0.4, 0.5) is 0 Å². The van der Waals surface area contributed by atoms with Crippen molar-refractivity contribution >= 4 is 23.8 Å². The first-order valence-corrected chi connectivity index (χ1v) is 17.4. The van der Waals surface area contributed by atoms with Crippen molar-refractivity contribution in [2.45, 2.75) is 104 Å². The zero-order valence-corrected chi connectivity index (χ0v) is 29.5. The van der Waals surface area contributed by atoms with Gasteiger partial charge >= 0.3 is 11.9 Å². The lowest BCUT2D eigenvalue weighted by atomic mass is 10.1. The highest BCUT2D eigenvalue weighted by Crippen LogP contribution is 2.11. The van der Waals surface area contributed by atoms with E-state index in [1.54, 1.807) is 0 Å². The van der Waals surface area contributed by atoms with Crippen LogP contribution >= 0.6 is 0 Å². The zero-order valence-electron chi connectivity index (χ0n) is 29.5. The molecule has 12 heteroatoms. The standard InChI is InChI=1S/C36H60N2O10/c1-36(2,3)48-35(42)19-23-44-27-29-46-25-21-38-33(40)18-22-43-26-28-45-24-20-37-32(39)16-12-7-5-4-6-8-13-17-34(41)47-30-31-14-10-9-11-15-31/h9-11,14-15H,4-8,12-13,16-30H2,1-3H3,(H,37,39)(H,38,40). The molecule has 0 unspecified atom stereocenters. The van der Waals surface area contributed by atoms with Crippen molar-refractivity contribution in [1.29, 1.82) is 0 Å². The van der Waals surface area contributed by atoms with E-state index in [4.69, 9.17) is 28.4 Å². The fourth-order valence-corrected chi connectivity index (χ4v) is 4.31. The van der Waals surface area contributed by atoms with Crippen molar-refractivity contribution in [2.24, 2.45) is 0 Å². The van der Waals surface area contributed by atoms with Crippen molar-refractivity contribution in [3.8, 4) is 0 Å². The third-order valence-electron chi connectivity index (χ3n) is 6.75. The van der Waals surface area contributed by atoms with Gasteiger partial charge in [0.05, 0.1) is 59.3 Å². The van der Waals surface area contributed by atoms with E-state index in [-0.39, 0.29) is 43.2 Å². The Kier molecular flexibility index (Phi) is 25.9. The van der Waals surface area contributed by atoms with Crippen LogP contribution in [0.25, 0.3) is 0 Å². The van der Waals surface area contributed by atoms with E-state index in [2.05, 4.69) is 10.6 Å². The maximum absolute atomic E-state index is 12.0. The minimum atomic E-state index is -0.498. The first kappa shape index (κ1) is 43.0. The van der Waals surface area contributed by atoms with Gasteiger partial charge in [0.2, 0.25) is 11.8 Å². The molecule has 0 atom stereocenters. The summed E-state index contributed by atoms with van der Waals surface area (Å²) in [5.41, 5.74) is 0.503. The van der Waals surface area contributed by atoms with Gasteiger partial charge in [0.25, 0.3) is 0 Å². The molecule has 0 aliphatic carbocycles. The molecule has 0 heterocycles. The highest BCUT2D eigenvalue weighted by atomic mass is 16.6. The second-order valence-electron chi connectivity index (χ2n) is 12.4. The molecule has 274 valence electrons. The van der Waals surface area contributed by atoms with Gasteiger partial charge in [-0.05, 0) is 39.2 Å². The van der Waals surface area contributed by atoms with E-state index >= 15 is 0 Å². The third kappa shape index (κ3) is 29.1. The van der Waals surface area contributed by atoms with E-state index in [0.717, 1.165) is 50.5 Å². The number of benzene rings is 1. The second kappa shape index (κ2) is 28.9. The number of rotatable bonds is 30. The van der Waals surface area contributed by atoms with Crippen molar-refractivity contribution in [1.82, 2.24) is 10.6 Å². The van der Waals surface area contributed by atoms with E-state index in [9.17, 15) is 19.2 Å². The molecule has 0 radical (unpaired) electrons. The molecule has 48 heavy (non-hydrogen) atoms. The average Bonchev–Trinajstić information content (AvgIpc) is 3.04.